The third-order valence-electron chi connectivity index (χ3n) is 4.71. The molecule has 1 amide bonds. The van der Waals surface area contributed by atoms with E-state index in [9.17, 15) is 14.7 Å². The zero-order valence-electron chi connectivity index (χ0n) is 11.3. The van der Waals surface area contributed by atoms with Gasteiger partial charge in [-0.1, -0.05) is 0 Å². The maximum atomic E-state index is 12.7. The summed E-state index contributed by atoms with van der Waals surface area (Å²) >= 11 is 0. The number of carboxylic acid groups (broad SMARTS) is 1. The van der Waals surface area contributed by atoms with Gasteiger partial charge in [0, 0.05) is 17.6 Å². The highest BCUT2D eigenvalue weighted by Gasteiger charge is 2.51. The van der Waals surface area contributed by atoms with Crippen LogP contribution in [0.15, 0.2) is 18.2 Å². The van der Waals surface area contributed by atoms with Crippen LogP contribution < -0.4 is 9.47 Å². The standard InChI is InChI=1S/C15H15NO5/c17-14(8-1-4-12-13(5-8)21-7-20-12)16-9-2-3-11(16)10(6-9)15(18)19/h1,4-5,9-11H,2-3,6-7H2,(H,18,19). The number of rotatable bonds is 2. The van der Waals surface area contributed by atoms with Crippen molar-refractivity contribution in [3.63, 3.8) is 0 Å². The van der Waals surface area contributed by atoms with Crippen molar-refractivity contribution in [2.45, 2.75) is 31.3 Å². The molecule has 4 rings (SSSR count). The van der Waals surface area contributed by atoms with E-state index in [0.29, 0.717) is 23.5 Å². The van der Waals surface area contributed by atoms with Gasteiger partial charge in [0.2, 0.25) is 6.79 Å². The van der Waals surface area contributed by atoms with Crippen LogP contribution in [-0.4, -0.2) is 40.8 Å². The molecule has 6 heteroatoms. The fourth-order valence-corrected chi connectivity index (χ4v) is 3.75. The Labute approximate surface area is 121 Å². The molecule has 3 atom stereocenters. The summed E-state index contributed by atoms with van der Waals surface area (Å²) < 4.78 is 10.5. The molecule has 1 N–H and O–H groups in total. The normalized spacial score (nSPS) is 29.0. The van der Waals surface area contributed by atoms with Gasteiger partial charge in [-0.3, -0.25) is 9.59 Å². The van der Waals surface area contributed by atoms with Crippen LogP contribution in [0.3, 0.4) is 0 Å². The molecule has 3 heterocycles. The fraction of sp³-hybridized carbons (Fsp3) is 0.467. The zero-order chi connectivity index (χ0) is 14.6. The van der Waals surface area contributed by atoms with Crippen molar-refractivity contribution in [2.24, 2.45) is 5.92 Å². The van der Waals surface area contributed by atoms with E-state index in [1.165, 1.54) is 0 Å². The second-order valence-electron chi connectivity index (χ2n) is 5.76. The minimum atomic E-state index is -0.800. The second kappa shape index (κ2) is 4.38. The van der Waals surface area contributed by atoms with E-state index in [1.54, 1.807) is 23.1 Å². The van der Waals surface area contributed by atoms with Crippen LogP contribution in [0.4, 0.5) is 0 Å². The van der Waals surface area contributed by atoms with Crippen LogP contribution in [0.25, 0.3) is 0 Å². The number of aliphatic carboxylic acids is 1. The highest BCUT2D eigenvalue weighted by Crippen LogP contribution is 2.43. The van der Waals surface area contributed by atoms with Crippen LogP contribution in [0, 0.1) is 5.92 Å². The quantitative estimate of drug-likeness (QED) is 0.892. The van der Waals surface area contributed by atoms with Gasteiger partial charge in [0.1, 0.15) is 0 Å². The predicted molar refractivity (Wildman–Crippen MR) is 71.3 cm³/mol. The van der Waals surface area contributed by atoms with E-state index < -0.39 is 11.9 Å². The van der Waals surface area contributed by atoms with Crippen LogP contribution in [0.2, 0.25) is 0 Å². The molecule has 2 fully saturated rings. The van der Waals surface area contributed by atoms with E-state index in [4.69, 9.17) is 9.47 Å². The SMILES string of the molecule is O=C(O)C1CC2CCC1N2C(=O)c1ccc2c(c1)OCO2. The van der Waals surface area contributed by atoms with Gasteiger partial charge >= 0.3 is 5.97 Å². The van der Waals surface area contributed by atoms with E-state index in [-0.39, 0.29) is 24.8 Å². The molecule has 1 aromatic rings. The molecule has 0 saturated carbocycles. The summed E-state index contributed by atoms with van der Waals surface area (Å²) in [7, 11) is 0. The molecular weight excluding hydrogens is 274 g/mol. The van der Waals surface area contributed by atoms with Crippen LogP contribution in [-0.2, 0) is 4.79 Å². The molecule has 0 aromatic heterocycles. The molecule has 21 heavy (non-hydrogen) atoms. The van der Waals surface area contributed by atoms with Crippen molar-refractivity contribution in [3.05, 3.63) is 23.8 Å². The maximum Gasteiger partial charge on any atom is 0.308 e. The third kappa shape index (κ3) is 1.78. The largest absolute Gasteiger partial charge is 0.481 e. The van der Waals surface area contributed by atoms with E-state index in [1.807, 2.05) is 0 Å². The highest BCUT2D eigenvalue weighted by molar-refractivity contribution is 5.96. The molecule has 2 saturated heterocycles. The average Bonchev–Trinajstić information content (AvgIpc) is 3.19. The summed E-state index contributed by atoms with van der Waals surface area (Å²) in [5, 5.41) is 9.26. The first-order valence-corrected chi connectivity index (χ1v) is 7.10. The number of amides is 1. The topological polar surface area (TPSA) is 76.1 Å². The number of nitrogens with zero attached hydrogens (tertiary/aromatic N) is 1. The number of benzene rings is 1. The van der Waals surface area contributed by atoms with Crippen LogP contribution in [0.5, 0.6) is 11.5 Å². The Kier molecular flexibility index (Phi) is 2.60. The lowest BCUT2D eigenvalue weighted by molar-refractivity contribution is -0.142. The molecule has 6 nitrogen and oxygen atoms in total. The van der Waals surface area contributed by atoms with Crippen molar-refractivity contribution in [1.82, 2.24) is 4.90 Å². The highest BCUT2D eigenvalue weighted by atomic mass is 16.7. The first kappa shape index (κ1) is 12.5. The summed E-state index contributed by atoms with van der Waals surface area (Å²) in [5.74, 6) is -0.126. The zero-order valence-corrected chi connectivity index (χ0v) is 11.3. The summed E-state index contributed by atoms with van der Waals surface area (Å²) in [6, 6.07) is 4.99. The second-order valence-corrected chi connectivity index (χ2v) is 5.76. The number of hydrogen-bond donors (Lipinski definition) is 1. The summed E-state index contributed by atoms with van der Waals surface area (Å²) in [6.45, 7) is 0.170. The van der Waals surface area contributed by atoms with Gasteiger partial charge in [0.25, 0.3) is 5.91 Å². The predicted octanol–water partition coefficient (Wildman–Crippen LogP) is 1.49. The van der Waals surface area contributed by atoms with Gasteiger partial charge in [-0.2, -0.15) is 0 Å². The van der Waals surface area contributed by atoms with Gasteiger partial charge in [-0.15, -0.1) is 0 Å². The van der Waals surface area contributed by atoms with Crippen molar-refractivity contribution in [3.8, 4) is 11.5 Å². The molecule has 3 aliphatic heterocycles. The van der Waals surface area contributed by atoms with E-state index in [2.05, 4.69) is 0 Å². The lowest BCUT2D eigenvalue weighted by atomic mass is 9.89. The van der Waals surface area contributed by atoms with Crippen molar-refractivity contribution < 1.29 is 24.2 Å². The molecular formula is C15H15NO5. The monoisotopic (exact) mass is 289 g/mol. The first-order valence-electron chi connectivity index (χ1n) is 7.10. The number of carboxylic acids is 1. The summed E-state index contributed by atoms with van der Waals surface area (Å²) in [6.07, 6.45) is 2.24. The number of carbonyl (C=O) groups excluding carboxylic acids is 1. The molecule has 0 aliphatic carbocycles. The fourth-order valence-electron chi connectivity index (χ4n) is 3.75. The van der Waals surface area contributed by atoms with Gasteiger partial charge < -0.3 is 19.5 Å². The minimum Gasteiger partial charge on any atom is -0.481 e. The van der Waals surface area contributed by atoms with E-state index in [0.717, 1.165) is 12.8 Å². The molecule has 0 spiro atoms. The Morgan fingerprint density at radius 3 is 2.76 bits per heavy atom. The molecule has 3 aliphatic rings. The molecule has 2 bridgehead atoms. The Morgan fingerprint density at radius 2 is 2.00 bits per heavy atom. The van der Waals surface area contributed by atoms with Crippen molar-refractivity contribution >= 4 is 11.9 Å². The van der Waals surface area contributed by atoms with Crippen molar-refractivity contribution in [2.75, 3.05) is 6.79 Å². The number of carbonyl (C=O) groups is 2. The van der Waals surface area contributed by atoms with Gasteiger partial charge in [0.15, 0.2) is 11.5 Å². The summed E-state index contributed by atoms with van der Waals surface area (Å²) in [5.41, 5.74) is 0.530. The average molecular weight is 289 g/mol. The third-order valence-corrected chi connectivity index (χ3v) is 4.71. The van der Waals surface area contributed by atoms with E-state index >= 15 is 0 Å². The Balaban J connectivity index is 1.62. The van der Waals surface area contributed by atoms with Gasteiger partial charge in [-0.05, 0) is 37.5 Å². The Hall–Kier alpha value is -2.24. The van der Waals surface area contributed by atoms with Gasteiger partial charge in [0.05, 0.1) is 5.92 Å². The molecule has 110 valence electrons. The van der Waals surface area contributed by atoms with Gasteiger partial charge in [-0.25, -0.2) is 0 Å². The Morgan fingerprint density at radius 1 is 1.19 bits per heavy atom. The maximum absolute atomic E-state index is 12.7. The molecule has 3 unspecified atom stereocenters. The van der Waals surface area contributed by atoms with Crippen LogP contribution >= 0.6 is 0 Å². The Bertz CT molecular complexity index is 628. The smallest absolute Gasteiger partial charge is 0.308 e. The number of fused-ring (bicyclic) bond motifs is 3. The minimum absolute atomic E-state index is 0.0500. The molecule has 1 aromatic carbocycles. The number of hydrogen-bond acceptors (Lipinski definition) is 4. The first-order chi connectivity index (χ1) is 10.1. The lowest BCUT2D eigenvalue weighted by Gasteiger charge is -2.23. The summed E-state index contributed by atoms with van der Waals surface area (Å²) in [4.78, 5) is 25.7. The van der Waals surface area contributed by atoms with Crippen molar-refractivity contribution in [1.29, 1.82) is 0 Å². The number of ether oxygens (including phenoxy) is 2. The molecule has 0 radical (unpaired) electrons. The van der Waals surface area contributed by atoms with Crippen LogP contribution in [0.1, 0.15) is 29.6 Å². The lowest BCUT2D eigenvalue weighted by Crippen LogP contribution is -2.37.